The first kappa shape index (κ1) is 13.8. The molecule has 1 heterocycles. The normalized spacial score (nSPS) is 12.3. The van der Waals surface area contributed by atoms with Crippen molar-refractivity contribution < 1.29 is 4.74 Å². The van der Waals surface area contributed by atoms with Crippen molar-refractivity contribution in [3.05, 3.63) is 35.3 Å². The summed E-state index contributed by atoms with van der Waals surface area (Å²) in [5.41, 5.74) is 5.53. The number of hydrogen-bond acceptors (Lipinski definition) is 6. The molecule has 2 rings (SSSR count). The average molecular weight is 278 g/mol. The van der Waals surface area contributed by atoms with Crippen LogP contribution in [0.3, 0.4) is 0 Å². The summed E-state index contributed by atoms with van der Waals surface area (Å²) in [4.78, 5) is 0. The van der Waals surface area contributed by atoms with Crippen LogP contribution in [0.1, 0.15) is 11.9 Å². The minimum absolute atomic E-state index is 0.283. The van der Waals surface area contributed by atoms with Crippen molar-refractivity contribution in [2.24, 2.45) is 0 Å². The van der Waals surface area contributed by atoms with Crippen LogP contribution < -0.4 is 15.8 Å². The van der Waals surface area contributed by atoms with E-state index >= 15 is 0 Å². The largest absolute Gasteiger partial charge is 0.492 e. The zero-order valence-corrected chi connectivity index (χ0v) is 11.7. The predicted molar refractivity (Wildman–Crippen MR) is 77.4 cm³/mol. The Morgan fingerprint density at radius 3 is 2.79 bits per heavy atom. The Balaban J connectivity index is 1.63. The maximum Gasteiger partial charge on any atom is 0.203 e. The highest BCUT2D eigenvalue weighted by atomic mass is 32.1. The maximum atomic E-state index is 5.67. The van der Waals surface area contributed by atoms with Gasteiger partial charge in [-0.05, 0) is 19.1 Å². The summed E-state index contributed by atoms with van der Waals surface area (Å²) >= 11 is 1.43. The van der Waals surface area contributed by atoms with Gasteiger partial charge in [0.2, 0.25) is 5.13 Å². The van der Waals surface area contributed by atoms with Gasteiger partial charge in [0.05, 0.1) is 0 Å². The fourth-order valence-electron chi connectivity index (χ4n) is 1.59. The van der Waals surface area contributed by atoms with Gasteiger partial charge in [0, 0.05) is 19.0 Å². The molecule has 2 aromatic rings. The summed E-state index contributed by atoms with van der Waals surface area (Å²) in [5, 5.41) is 12.6. The summed E-state index contributed by atoms with van der Waals surface area (Å²) in [5.74, 6) is 0.896. The number of hydrogen-bond donors (Lipinski definition) is 2. The number of anilines is 1. The van der Waals surface area contributed by atoms with Crippen LogP contribution in [0.4, 0.5) is 5.13 Å². The number of nitrogens with two attached hydrogens (primary N) is 1. The number of rotatable bonds is 7. The van der Waals surface area contributed by atoms with Gasteiger partial charge in [-0.3, -0.25) is 0 Å². The number of ether oxygens (including phenoxy) is 1. The number of nitrogens with zero attached hydrogens (tertiary/aromatic N) is 2. The van der Waals surface area contributed by atoms with E-state index in [1.807, 2.05) is 30.3 Å². The molecule has 0 aliphatic heterocycles. The van der Waals surface area contributed by atoms with E-state index in [-0.39, 0.29) is 6.04 Å². The lowest BCUT2D eigenvalue weighted by Gasteiger charge is -2.14. The highest BCUT2D eigenvalue weighted by Gasteiger charge is 2.04. The highest BCUT2D eigenvalue weighted by Crippen LogP contribution is 2.11. The molecule has 1 aromatic carbocycles. The number of benzene rings is 1. The topological polar surface area (TPSA) is 73.1 Å². The van der Waals surface area contributed by atoms with E-state index in [0.717, 1.165) is 23.7 Å². The van der Waals surface area contributed by atoms with Crippen molar-refractivity contribution in [3.63, 3.8) is 0 Å². The molecule has 102 valence electrons. The molecule has 0 fully saturated rings. The highest BCUT2D eigenvalue weighted by molar-refractivity contribution is 7.15. The van der Waals surface area contributed by atoms with Crippen molar-refractivity contribution in [2.75, 3.05) is 18.9 Å². The minimum Gasteiger partial charge on any atom is -0.492 e. The monoisotopic (exact) mass is 278 g/mol. The molecule has 0 aliphatic carbocycles. The Hall–Kier alpha value is -1.66. The summed E-state index contributed by atoms with van der Waals surface area (Å²) in [6, 6.07) is 10.1. The zero-order chi connectivity index (χ0) is 13.5. The van der Waals surface area contributed by atoms with Crippen LogP contribution in [0.2, 0.25) is 0 Å². The molecule has 0 saturated heterocycles. The fraction of sp³-hybridized carbons (Fsp3) is 0.385. The van der Waals surface area contributed by atoms with Gasteiger partial charge in [0.15, 0.2) is 0 Å². The van der Waals surface area contributed by atoms with Gasteiger partial charge in [-0.25, -0.2) is 0 Å². The van der Waals surface area contributed by atoms with Crippen molar-refractivity contribution >= 4 is 16.5 Å². The first-order valence-electron chi connectivity index (χ1n) is 6.23. The minimum atomic E-state index is 0.283. The molecular weight excluding hydrogens is 260 g/mol. The SMILES string of the molecule is CC(COc1ccccc1)NCCc1nnc(N)s1. The lowest BCUT2D eigenvalue weighted by Crippen LogP contribution is -2.33. The van der Waals surface area contributed by atoms with Gasteiger partial charge in [-0.15, -0.1) is 10.2 Å². The Bertz CT molecular complexity index is 488. The Labute approximate surface area is 116 Å². The van der Waals surface area contributed by atoms with Gasteiger partial charge < -0.3 is 15.8 Å². The van der Waals surface area contributed by atoms with E-state index < -0.39 is 0 Å². The first-order chi connectivity index (χ1) is 9.24. The van der Waals surface area contributed by atoms with Crippen molar-refractivity contribution in [1.82, 2.24) is 15.5 Å². The lowest BCUT2D eigenvalue weighted by molar-refractivity contribution is 0.274. The van der Waals surface area contributed by atoms with E-state index in [1.54, 1.807) is 0 Å². The summed E-state index contributed by atoms with van der Waals surface area (Å²) in [6.07, 6.45) is 0.838. The Morgan fingerprint density at radius 1 is 1.32 bits per heavy atom. The molecule has 1 unspecified atom stereocenters. The zero-order valence-electron chi connectivity index (χ0n) is 10.9. The van der Waals surface area contributed by atoms with Crippen LogP contribution in [0, 0.1) is 0 Å². The fourth-order valence-corrected chi connectivity index (χ4v) is 2.20. The quantitative estimate of drug-likeness (QED) is 0.807. The van der Waals surface area contributed by atoms with E-state index in [4.69, 9.17) is 10.5 Å². The third-order valence-corrected chi connectivity index (χ3v) is 3.37. The lowest BCUT2D eigenvalue weighted by atomic mass is 10.3. The number of nitrogens with one attached hydrogen (secondary N) is 1. The number of para-hydroxylation sites is 1. The van der Waals surface area contributed by atoms with Crippen LogP contribution in [0.5, 0.6) is 5.75 Å². The van der Waals surface area contributed by atoms with Crippen LogP contribution >= 0.6 is 11.3 Å². The number of nitrogen functional groups attached to an aromatic ring is 1. The third-order valence-electron chi connectivity index (χ3n) is 2.56. The molecule has 0 bridgehead atoms. The third kappa shape index (κ3) is 4.84. The van der Waals surface area contributed by atoms with E-state index in [9.17, 15) is 0 Å². The van der Waals surface area contributed by atoms with E-state index in [2.05, 4.69) is 22.4 Å². The number of aromatic nitrogens is 2. The second kappa shape index (κ2) is 7.06. The molecule has 1 aromatic heterocycles. The molecule has 0 aliphatic rings. The van der Waals surface area contributed by atoms with Gasteiger partial charge in [-0.2, -0.15) is 0 Å². The molecule has 6 heteroatoms. The molecule has 0 radical (unpaired) electrons. The molecule has 0 spiro atoms. The van der Waals surface area contributed by atoms with Gasteiger partial charge >= 0.3 is 0 Å². The maximum absolute atomic E-state index is 5.67. The van der Waals surface area contributed by atoms with E-state index in [1.165, 1.54) is 11.3 Å². The Morgan fingerprint density at radius 2 is 2.11 bits per heavy atom. The van der Waals surface area contributed by atoms with Gasteiger partial charge in [-0.1, -0.05) is 29.5 Å². The second-order valence-electron chi connectivity index (χ2n) is 4.26. The van der Waals surface area contributed by atoms with Crippen LogP contribution in [0.15, 0.2) is 30.3 Å². The average Bonchev–Trinajstić information content (AvgIpc) is 2.83. The first-order valence-corrected chi connectivity index (χ1v) is 7.05. The Kier molecular flexibility index (Phi) is 5.11. The molecule has 1 atom stereocenters. The van der Waals surface area contributed by atoms with Gasteiger partial charge in [0.1, 0.15) is 17.4 Å². The predicted octanol–water partition coefficient (Wildman–Crippen LogP) is 1.72. The molecular formula is C13H18N4OS. The van der Waals surface area contributed by atoms with Crippen molar-refractivity contribution in [1.29, 1.82) is 0 Å². The molecule has 0 amide bonds. The summed E-state index contributed by atoms with van der Waals surface area (Å²) < 4.78 is 5.67. The summed E-state index contributed by atoms with van der Waals surface area (Å²) in [7, 11) is 0. The molecule has 0 saturated carbocycles. The van der Waals surface area contributed by atoms with Crippen LogP contribution in [-0.2, 0) is 6.42 Å². The van der Waals surface area contributed by atoms with Crippen LogP contribution in [0.25, 0.3) is 0 Å². The van der Waals surface area contributed by atoms with Crippen molar-refractivity contribution in [2.45, 2.75) is 19.4 Å². The van der Waals surface area contributed by atoms with Gasteiger partial charge in [0.25, 0.3) is 0 Å². The molecule has 3 N–H and O–H groups in total. The summed E-state index contributed by atoms with van der Waals surface area (Å²) in [6.45, 7) is 3.58. The molecule has 5 nitrogen and oxygen atoms in total. The van der Waals surface area contributed by atoms with Crippen molar-refractivity contribution in [3.8, 4) is 5.75 Å². The second-order valence-corrected chi connectivity index (χ2v) is 5.36. The standard InChI is InChI=1S/C13H18N4OS/c1-10(9-18-11-5-3-2-4-6-11)15-8-7-12-16-17-13(14)19-12/h2-6,10,15H,7-9H2,1H3,(H2,14,17). The van der Waals surface area contributed by atoms with E-state index in [0.29, 0.717) is 11.7 Å². The smallest absolute Gasteiger partial charge is 0.203 e. The molecule has 19 heavy (non-hydrogen) atoms. The van der Waals surface area contributed by atoms with Crippen LogP contribution in [-0.4, -0.2) is 29.4 Å².